The lowest BCUT2D eigenvalue weighted by Crippen LogP contribution is -2.22. The summed E-state index contributed by atoms with van der Waals surface area (Å²) in [5.41, 5.74) is 2.54. The van der Waals surface area contributed by atoms with Crippen molar-refractivity contribution in [3.63, 3.8) is 0 Å². The van der Waals surface area contributed by atoms with Gasteiger partial charge in [0.25, 0.3) is 0 Å². The summed E-state index contributed by atoms with van der Waals surface area (Å²) in [4.78, 5) is 25.3. The second kappa shape index (κ2) is 16.5. The topological polar surface area (TPSA) is 146 Å². The molecule has 0 aliphatic carbocycles. The molecule has 0 saturated carbocycles. The Morgan fingerprint density at radius 1 is 1.02 bits per heavy atom. The average molecular weight is 556 g/mol. The van der Waals surface area contributed by atoms with Gasteiger partial charge in [-0.15, -0.1) is 0 Å². The van der Waals surface area contributed by atoms with Crippen LogP contribution in [0.4, 0.5) is 0 Å². The molecular formula is C30H41N3O7. The maximum Gasteiger partial charge on any atom is 0.333 e. The van der Waals surface area contributed by atoms with E-state index in [2.05, 4.69) is 10.3 Å². The molecule has 0 aliphatic heterocycles. The zero-order chi connectivity index (χ0) is 28.7. The van der Waals surface area contributed by atoms with Gasteiger partial charge in [0.1, 0.15) is 12.4 Å². The number of aryl methyl sites for hydroxylation is 1. The number of aliphatic hydroxyl groups excluding tert-OH is 1. The molecule has 5 N–H and O–H groups in total. The Kier molecular flexibility index (Phi) is 12.8. The highest BCUT2D eigenvalue weighted by molar-refractivity contribution is 5.66. The zero-order valence-corrected chi connectivity index (χ0v) is 23.1. The predicted molar refractivity (Wildman–Crippen MR) is 152 cm³/mol. The van der Waals surface area contributed by atoms with Gasteiger partial charge in [-0.3, -0.25) is 4.79 Å². The van der Waals surface area contributed by atoms with E-state index >= 15 is 0 Å². The van der Waals surface area contributed by atoms with Gasteiger partial charge in [-0.1, -0.05) is 24.6 Å². The van der Waals surface area contributed by atoms with Crippen molar-refractivity contribution in [2.24, 2.45) is 0 Å². The summed E-state index contributed by atoms with van der Waals surface area (Å²) < 4.78 is 11.9. The molecule has 0 spiro atoms. The molecule has 10 heteroatoms. The molecule has 0 radical (unpaired) electrons. The molecule has 0 fully saturated rings. The summed E-state index contributed by atoms with van der Waals surface area (Å²) in [6, 6.07) is 12.5. The van der Waals surface area contributed by atoms with E-state index in [0.29, 0.717) is 23.4 Å². The fraction of sp³-hybridized carbons (Fsp3) is 0.467. The summed E-state index contributed by atoms with van der Waals surface area (Å²) in [6.07, 6.45) is 7.54. The molecule has 40 heavy (non-hydrogen) atoms. The van der Waals surface area contributed by atoms with Gasteiger partial charge in [0, 0.05) is 32.2 Å². The van der Waals surface area contributed by atoms with Crippen LogP contribution in [0.5, 0.6) is 11.6 Å². The summed E-state index contributed by atoms with van der Waals surface area (Å²) in [6.45, 7) is 3.93. The Balaban J connectivity index is 1.18. The summed E-state index contributed by atoms with van der Waals surface area (Å²) in [7, 11) is 0. The van der Waals surface area contributed by atoms with Crippen LogP contribution < -0.4 is 11.0 Å². The zero-order valence-electron chi connectivity index (χ0n) is 23.1. The lowest BCUT2D eigenvalue weighted by molar-refractivity contribution is -0.142. The molecule has 1 heterocycles. The molecule has 1 atom stereocenters. The van der Waals surface area contributed by atoms with Crippen LogP contribution in [-0.4, -0.2) is 57.1 Å². The SMILES string of the molecule is CC(=O)OCc1cc([C@@H](O)CNCCCCCOCCCCCc2cccc(-n3c(O)c[nH]c3=O)c2)ccc1O. The first-order valence-electron chi connectivity index (χ1n) is 13.9. The minimum Gasteiger partial charge on any atom is -0.508 e. The number of esters is 1. The lowest BCUT2D eigenvalue weighted by atomic mass is 10.1. The number of phenols is 1. The number of aromatic nitrogens is 2. The number of carbonyl (C=O) groups excluding carboxylic acids is 1. The molecule has 3 rings (SSSR count). The van der Waals surface area contributed by atoms with Gasteiger partial charge in [-0.2, -0.15) is 0 Å². The number of nitrogens with zero attached hydrogens (tertiary/aromatic N) is 1. The summed E-state index contributed by atoms with van der Waals surface area (Å²) in [5.74, 6) is -0.498. The third-order valence-corrected chi connectivity index (χ3v) is 6.58. The Morgan fingerprint density at radius 3 is 2.52 bits per heavy atom. The average Bonchev–Trinajstić information content (AvgIpc) is 3.28. The van der Waals surface area contributed by atoms with E-state index in [9.17, 15) is 24.9 Å². The smallest absolute Gasteiger partial charge is 0.333 e. The highest BCUT2D eigenvalue weighted by Gasteiger charge is 2.11. The first-order chi connectivity index (χ1) is 19.3. The molecule has 218 valence electrons. The number of hydrogen-bond donors (Lipinski definition) is 5. The number of aliphatic hydroxyl groups is 1. The number of nitrogens with one attached hydrogen (secondary N) is 2. The van der Waals surface area contributed by atoms with Crippen LogP contribution in [0, 0.1) is 0 Å². The number of H-pyrrole nitrogens is 1. The van der Waals surface area contributed by atoms with Crippen molar-refractivity contribution in [3.8, 4) is 17.3 Å². The number of hydrogen-bond acceptors (Lipinski definition) is 8. The van der Waals surface area contributed by atoms with E-state index in [1.165, 1.54) is 23.8 Å². The number of rotatable bonds is 18. The Morgan fingerprint density at radius 2 is 1.80 bits per heavy atom. The van der Waals surface area contributed by atoms with Crippen LogP contribution in [0.3, 0.4) is 0 Å². The van der Waals surface area contributed by atoms with E-state index in [-0.39, 0.29) is 23.9 Å². The van der Waals surface area contributed by atoms with Crippen LogP contribution in [0.25, 0.3) is 5.69 Å². The third kappa shape index (κ3) is 10.2. The Labute approximate surface area is 234 Å². The molecule has 0 amide bonds. The van der Waals surface area contributed by atoms with Crippen molar-refractivity contribution in [2.45, 2.75) is 64.6 Å². The minimum absolute atomic E-state index is 0.0299. The monoisotopic (exact) mass is 555 g/mol. The third-order valence-electron chi connectivity index (χ3n) is 6.58. The van der Waals surface area contributed by atoms with E-state index < -0.39 is 12.1 Å². The standard InChI is InChI=1S/C30H41N3O7/c1-22(34)40-21-25-18-24(12-13-27(25)35)28(36)19-31-14-5-3-7-16-39-15-6-2-4-9-23-10-8-11-26(17-23)33-29(37)20-32-30(33)38/h8,10-13,17-18,20,28,31,35-37H,2-7,9,14-16,19,21H2,1H3,(H,32,38)/t28-/m0/s1. The number of phenolic OH excluding ortho intramolecular Hbond substituents is 1. The van der Waals surface area contributed by atoms with Crippen molar-refractivity contribution in [1.29, 1.82) is 0 Å². The normalized spacial score (nSPS) is 11.9. The largest absolute Gasteiger partial charge is 0.508 e. The maximum absolute atomic E-state index is 11.9. The van der Waals surface area contributed by atoms with Crippen LogP contribution in [-0.2, 0) is 27.3 Å². The van der Waals surface area contributed by atoms with E-state index in [4.69, 9.17) is 9.47 Å². The Bertz CT molecular complexity index is 1250. The number of carbonyl (C=O) groups is 1. The highest BCUT2D eigenvalue weighted by atomic mass is 16.5. The van der Waals surface area contributed by atoms with Crippen LogP contribution >= 0.6 is 0 Å². The van der Waals surface area contributed by atoms with Crippen molar-refractivity contribution in [3.05, 3.63) is 75.8 Å². The van der Waals surface area contributed by atoms with Crippen LogP contribution in [0.15, 0.2) is 53.5 Å². The van der Waals surface area contributed by atoms with Gasteiger partial charge in [-0.25, -0.2) is 9.36 Å². The van der Waals surface area contributed by atoms with Crippen molar-refractivity contribution in [1.82, 2.24) is 14.9 Å². The van der Waals surface area contributed by atoms with E-state index in [0.717, 1.165) is 70.3 Å². The first-order valence-corrected chi connectivity index (χ1v) is 13.9. The van der Waals surface area contributed by atoms with Crippen LogP contribution in [0.1, 0.15) is 68.2 Å². The second-order valence-electron chi connectivity index (χ2n) is 9.83. The molecule has 0 bridgehead atoms. The number of aromatic amines is 1. The van der Waals surface area contributed by atoms with Gasteiger partial charge in [0.2, 0.25) is 5.88 Å². The van der Waals surface area contributed by atoms with Gasteiger partial charge < -0.3 is 35.1 Å². The minimum atomic E-state index is -0.721. The fourth-order valence-electron chi connectivity index (χ4n) is 4.37. The fourth-order valence-corrected chi connectivity index (χ4v) is 4.37. The first kappa shape index (κ1) is 30.9. The van der Waals surface area contributed by atoms with Gasteiger partial charge >= 0.3 is 11.7 Å². The quantitative estimate of drug-likeness (QED) is 0.117. The number of imidazole rings is 1. The van der Waals surface area contributed by atoms with E-state index in [1.54, 1.807) is 18.2 Å². The number of unbranched alkanes of at least 4 members (excludes halogenated alkanes) is 4. The molecule has 0 saturated heterocycles. The molecular weight excluding hydrogens is 514 g/mol. The number of aromatic hydroxyl groups is 2. The number of benzene rings is 2. The highest BCUT2D eigenvalue weighted by Crippen LogP contribution is 2.23. The van der Waals surface area contributed by atoms with Crippen molar-refractivity contribution < 1.29 is 29.6 Å². The Hall–Kier alpha value is -3.60. The molecule has 0 aliphatic rings. The molecule has 2 aromatic carbocycles. The van der Waals surface area contributed by atoms with Gasteiger partial charge in [0.05, 0.1) is 18.0 Å². The summed E-state index contributed by atoms with van der Waals surface area (Å²) >= 11 is 0. The summed E-state index contributed by atoms with van der Waals surface area (Å²) in [5, 5.41) is 33.4. The maximum atomic E-state index is 11.9. The van der Waals surface area contributed by atoms with Crippen molar-refractivity contribution in [2.75, 3.05) is 26.3 Å². The molecule has 10 nitrogen and oxygen atoms in total. The van der Waals surface area contributed by atoms with Gasteiger partial charge in [-0.05, 0) is 80.5 Å². The van der Waals surface area contributed by atoms with Gasteiger partial charge in [0.15, 0.2) is 0 Å². The van der Waals surface area contributed by atoms with Crippen LogP contribution in [0.2, 0.25) is 0 Å². The van der Waals surface area contributed by atoms with E-state index in [1.807, 2.05) is 18.2 Å². The predicted octanol–water partition coefficient (Wildman–Crippen LogP) is 3.86. The second-order valence-corrected chi connectivity index (χ2v) is 9.83. The number of ether oxygens (including phenoxy) is 2. The molecule has 3 aromatic rings. The lowest BCUT2D eigenvalue weighted by Gasteiger charge is -2.14. The molecule has 0 unspecified atom stereocenters. The van der Waals surface area contributed by atoms with Crippen molar-refractivity contribution >= 4 is 5.97 Å². The molecule has 1 aromatic heterocycles.